The van der Waals surface area contributed by atoms with E-state index in [9.17, 15) is 9.18 Å². The summed E-state index contributed by atoms with van der Waals surface area (Å²) in [5.74, 6) is -0.646. The summed E-state index contributed by atoms with van der Waals surface area (Å²) >= 11 is 0. The third kappa shape index (κ3) is 4.39. The number of carbonyl (C=O) groups excluding carboxylic acids is 1. The number of aromatic nitrogens is 2. The summed E-state index contributed by atoms with van der Waals surface area (Å²) in [5.41, 5.74) is 3.02. The number of hydrogen-bond acceptors (Lipinski definition) is 3. The Kier molecular flexibility index (Phi) is 5.49. The molecule has 0 aliphatic heterocycles. The van der Waals surface area contributed by atoms with Crippen LogP contribution in [0, 0.1) is 5.82 Å². The van der Waals surface area contributed by atoms with Crippen molar-refractivity contribution in [1.29, 1.82) is 0 Å². The lowest BCUT2D eigenvalue weighted by Crippen LogP contribution is -2.24. The molecule has 0 radical (unpaired) electrons. The van der Waals surface area contributed by atoms with Crippen LogP contribution in [0.25, 0.3) is 17.3 Å². The van der Waals surface area contributed by atoms with Crippen molar-refractivity contribution in [1.82, 2.24) is 15.3 Å². The Morgan fingerprint density at radius 3 is 2.77 bits per heavy atom. The Bertz CT molecular complexity index is 925. The van der Waals surface area contributed by atoms with Crippen LogP contribution in [0.2, 0.25) is 0 Å². The maximum absolute atomic E-state index is 13.6. The van der Waals surface area contributed by atoms with Crippen LogP contribution in [0.4, 0.5) is 4.39 Å². The van der Waals surface area contributed by atoms with Gasteiger partial charge in [-0.05, 0) is 30.7 Å². The lowest BCUT2D eigenvalue weighted by atomic mass is 10.0. The first kappa shape index (κ1) is 17.5. The summed E-state index contributed by atoms with van der Waals surface area (Å²) in [6.07, 6.45) is 7.76. The Morgan fingerprint density at radius 2 is 2.00 bits per heavy atom. The highest BCUT2D eigenvalue weighted by Gasteiger charge is 2.09. The summed E-state index contributed by atoms with van der Waals surface area (Å²) in [5, 5.41) is 2.88. The van der Waals surface area contributed by atoms with Crippen LogP contribution < -0.4 is 5.32 Å². The van der Waals surface area contributed by atoms with Crippen LogP contribution in [0.15, 0.2) is 73.2 Å². The molecule has 4 nitrogen and oxygen atoms in total. The van der Waals surface area contributed by atoms with Gasteiger partial charge in [-0.1, -0.05) is 36.4 Å². The molecular formula is C21H18FN3O. The summed E-state index contributed by atoms with van der Waals surface area (Å²) < 4.78 is 13.6. The molecule has 0 fully saturated rings. The van der Waals surface area contributed by atoms with Gasteiger partial charge in [-0.15, -0.1) is 0 Å². The van der Waals surface area contributed by atoms with Crippen LogP contribution in [-0.4, -0.2) is 15.9 Å². The first-order valence-electron chi connectivity index (χ1n) is 8.23. The Labute approximate surface area is 151 Å². The second kappa shape index (κ2) is 8.16. The lowest BCUT2D eigenvalue weighted by molar-refractivity contribution is -0.117. The monoisotopic (exact) mass is 347 g/mol. The van der Waals surface area contributed by atoms with Gasteiger partial charge in [0.1, 0.15) is 5.82 Å². The standard InChI is InChI=1S/C21H18FN3O/c1-15(25-21(26)10-9-16-5-2-3-8-19(16)22)17-6-4-7-18(13-17)20-14-23-11-12-24-20/h2-15H,1H3,(H,25,26)/t15-/m0/s1. The first-order chi connectivity index (χ1) is 12.6. The van der Waals surface area contributed by atoms with Gasteiger partial charge in [-0.2, -0.15) is 0 Å². The molecule has 0 aliphatic carbocycles. The molecule has 130 valence electrons. The zero-order chi connectivity index (χ0) is 18.4. The highest BCUT2D eigenvalue weighted by molar-refractivity contribution is 5.92. The van der Waals surface area contributed by atoms with E-state index < -0.39 is 0 Å². The zero-order valence-electron chi connectivity index (χ0n) is 14.3. The SMILES string of the molecule is C[C@H](NC(=O)C=Cc1ccccc1F)c1cccc(-c2cnccn2)c1. The van der Waals surface area contributed by atoms with Crippen LogP contribution >= 0.6 is 0 Å². The van der Waals surface area contributed by atoms with E-state index in [0.717, 1.165) is 16.8 Å². The highest BCUT2D eigenvalue weighted by Crippen LogP contribution is 2.21. The van der Waals surface area contributed by atoms with Gasteiger partial charge in [0.2, 0.25) is 5.91 Å². The molecule has 5 heteroatoms. The minimum atomic E-state index is -0.360. The zero-order valence-corrected chi connectivity index (χ0v) is 14.3. The second-order valence-electron chi connectivity index (χ2n) is 5.80. The van der Waals surface area contributed by atoms with Crippen molar-refractivity contribution < 1.29 is 9.18 Å². The minimum absolute atomic E-state index is 0.204. The average molecular weight is 347 g/mol. The van der Waals surface area contributed by atoms with Gasteiger partial charge >= 0.3 is 0 Å². The Morgan fingerprint density at radius 1 is 1.15 bits per heavy atom. The smallest absolute Gasteiger partial charge is 0.244 e. The fourth-order valence-corrected chi connectivity index (χ4v) is 2.54. The number of nitrogens with one attached hydrogen (secondary N) is 1. The van der Waals surface area contributed by atoms with Crippen molar-refractivity contribution in [3.05, 3.63) is 90.1 Å². The minimum Gasteiger partial charge on any atom is -0.346 e. The molecule has 0 aliphatic rings. The molecule has 0 saturated heterocycles. The fourth-order valence-electron chi connectivity index (χ4n) is 2.54. The van der Waals surface area contributed by atoms with Crippen LogP contribution in [0.5, 0.6) is 0 Å². The van der Waals surface area contributed by atoms with Gasteiger partial charge in [-0.25, -0.2) is 4.39 Å². The molecule has 0 bridgehead atoms. The van der Waals surface area contributed by atoms with Gasteiger partial charge in [0.15, 0.2) is 0 Å². The molecule has 1 amide bonds. The quantitative estimate of drug-likeness (QED) is 0.705. The van der Waals surface area contributed by atoms with Crippen molar-refractivity contribution in [3.8, 4) is 11.3 Å². The van der Waals surface area contributed by atoms with Gasteiger partial charge in [0.05, 0.1) is 17.9 Å². The summed E-state index contributed by atoms with van der Waals surface area (Å²) in [6.45, 7) is 1.89. The number of hydrogen-bond donors (Lipinski definition) is 1. The first-order valence-corrected chi connectivity index (χ1v) is 8.23. The third-order valence-electron chi connectivity index (χ3n) is 3.92. The molecule has 0 spiro atoms. The molecule has 3 rings (SSSR count). The van der Waals surface area contributed by atoms with Crippen LogP contribution in [0.3, 0.4) is 0 Å². The second-order valence-corrected chi connectivity index (χ2v) is 5.80. The van der Waals surface area contributed by atoms with E-state index in [2.05, 4.69) is 15.3 Å². The summed E-state index contributed by atoms with van der Waals surface area (Å²) in [6, 6.07) is 13.9. The molecule has 0 saturated carbocycles. The third-order valence-corrected chi connectivity index (χ3v) is 3.92. The van der Waals surface area contributed by atoms with Gasteiger partial charge in [0.25, 0.3) is 0 Å². The van der Waals surface area contributed by atoms with E-state index in [1.807, 2.05) is 31.2 Å². The maximum atomic E-state index is 13.6. The van der Waals surface area contributed by atoms with E-state index in [4.69, 9.17) is 0 Å². The van der Waals surface area contributed by atoms with E-state index in [1.165, 1.54) is 18.2 Å². The number of nitrogens with zero attached hydrogens (tertiary/aromatic N) is 2. The Balaban J connectivity index is 1.69. The number of amides is 1. The molecular weight excluding hydrogens is 329 g/mol. The van der Waals surface area contributed by atoms with Crippen molar-refractivity contribution in [2.45, 2.75) is 13.0 Å². The van der Waals surface area contributed by atoms with E-state index in [0.29, 0.717) is 5.56 Å². The summed E-state index contributed by atoms with van der Waals surface area (Å²) in [4.78, 5) is 20.5. The normalized spacial score (nSPS) is 12.1. The van der Waals surface area contributed by atoms with Gasteiger partial charge in [-0.3, -0.25) is 14.8 Å². The molecule has 3 aromatic rings. The van der Waals surface area contributed by atoms with E-state index in [-0.39, 0.29) is 17.8 Å². The predicted octanol–water partition coefficient (Wildman–Crippen LogP) is 4.17. The molecule has 1 heterocycles. The van der Waals surface area contributed by atoms with Crippen molar-refractivity contribution in [2.75, 3.05) is 0 Å². The van der Waals surface area contributed by atoms with E-state index >= 15 is 0 Å². The average Bonchev–Trinajstić information content (AvgIpc) is 2.68. The lowest BCUT2D eigenvalue weighted by Gasteiger charge is -2.14. The molecule has 2 aromatic carbocycles. The number of halogens is 1. The molecule has 26 heavy (non-hydrogen) atoms. The summed E-state index contributed by atoms with van der Waals surface area (Å²) in [7, 11) is 0. The topological polar surface area (TPSA) is 54.9 Å². The molecule has 1 atom stereocenters. The predicted molar refractivity (Wildman–Crippen MR) is 99.5 cm³/mol. The molecule has 1 aromatic heterocycles. The van der Waals surface area contributed by atoms with Crippen molar-refractivity contribution >= 4 is 12.0 Å². The van der Waals surface area contributed by atoms with Crippen LogP contribution in [-0.2, 0) is 4.79 Å². The fraction of sp³-hybridized carbons (Fsp3) is 0.0952. The molecule has 0 unspecified atom stereocenters. The van der Waals surface area contributed by atoms with E-state index in [1.54, 1.807) is 36.8 Å². The van der Waals surface area contributed by atoms with Crippen molar-refractivity contribution in [2.24, 2.45) is 0 Å². The number of rotatable bonds is 5. The highest BCUT2D eigenvalue weighted by atomic mass is 19.1. The van der Waals surface area contributed by atoms with Crippen LogP contribution in [0.1, 0.15) is 24.1 Å². The molecule has 1 N–H and O–H groups in total. The van der Waals surface area contributed by atoms with Gasteiger partial charge in [0, 0.05) is 29.6 Å². The maximum Gasteiger partial charge on any atom is 0.244 e. The number of benzene rings is 2. The van der Waals surface area contributed by atoms with Gasteiger partial charge < -0.3 is 5.32 Å². The Hall–Kier alpha value is -3.34. The van der Waals surface area contributed by atoms with Crippen molar-refractivity contribution in [3.63, 3.8) is 0 Å². The largest absolute Gasteiger partial charge is 0.346 e. The number of carbonyl (C=O) groups is 1.